The van der Waals surface area contributed by atoms with Gasteiger partial charge in [0, 0.05) is 32.8 Å². The number of nitrogens with two attached hydrogens (primary N) is 1. The molecule has 0 aromatic carbocycles. The van der Waals surface area contributed by atoms with Crippen molar-refractivity contribution < 1.29 is 4.74 Å². The highest BCUT2D eigenvalue weighted by Crippen LogP contribution is 2.28. The third-order valence-corrected chi connectivity index (χ3v) is 4.08. The van der Waals surface area contributed by atoms with Gasteiger partial charge in [0.05, 0.1) is 0 Å². The van der Waals surface area contributed by atoms with Crippen molar-refractivity contribution in [2.24, 2.45) is 11.7 Å². The van der Waals surface area contributed by atoms with E-state index in [-0.39, 0.29) is 0 Å². The Balaban J connectivity index is 2.25. The molecule has 0 heterocycles. The molecule has 1 rings (SSSR count). The van der Waals surface area contributed by atoms with E-state index >= 15 is 0 Å². The predicted molar refractivity (Wildman–Crippen MR) is 73.2 cm³/mol. The van der Waals surface area contributed by atoms with Crippen LogP contribution in [0.2, 0.25) is 0 Å². The first kappa shape index (κ1) is 14.9. The van der Waals surface area contributed by atoms with E-state index in [9.17, 15) is 0 Å². The van der Waals surface area contributed by atoms with Gasteiger partial charge in [0.2, 0.25) is 0 Å². The smallest absolute Gasteiger partial charge is 0.0474 e. The fraction of sp³-hybridized carbons (Fsp3) is 1.00. The van der Waals surface area contributed by atoms with E-state index in [2.05, 4.69) is 11.9 Å². The molecule has 3 nitrogen and oxygen atoms in total. The van der Waals surface area contributed by atoms with Gasteiger partial charge in [0.15, 0.2) is 0 Å². The van der Waals surface area contributed by atoms with E-state index < -0.39 is 0 Å². The zero-order valence-corrected chi connectivity index (χ0v) is 11.7. The molecule has 1 unspecified atom stereocenters. The fourth-order valence-electron chi connectivity index (χ4n) is 2.90. The van der Waals surface area contributed by atoms with Crippen LogP contribution in [0.1, 0.15) is 44.9 Å². The molecule has 0 aromatic heterocycles. The second-order valence-electron chi connectivity index (χ2n) is 5.46. The van der Waals surface area contributed by atoms with Crippen LogP contribution >= 0.6 is 0 Å². The third kappa shape index (κ3) is 5.84. The average molecular weight is 242 g/mol. The standard InChI is InChI=1S/C14H30N2O/c1-16(9-6-10-17-2)14(12-15)11-13-7-4-3-5-8-13/h13-14H,3-12,15H2,1-2H3. The fourth-order valence-corrected chi connectivity index (χ4v) is 2.90. The van der Waals surface area contributed by atoms with Crippen molar-refractivity contribution in [2.45, 2.75) is 51.0 Å². The Morgan fingerprint density at radius 1 is 1.29 bits per heavy atom. The van der Waals surface area contributed by atoms with Gasteiger partial charge in [-0.25, -0.2) is 0 Å². The molecule has 1 aliphatic rings. The number of ether oxygens (including phenoxy) is 1. The van der Waals surface area contributed by atoms with Gasteiger partial charge in [0.25, 0.3) is 0 Å². The molecule has 0 amide bonds. The lowest BCUT2D eigenvalue weighted by molar-refractivity contribution is 0.152. The Kier molecular flexibility index (Phi) is 7.82. The van der Waals surface area contributed by atoms with Crippen LogP contribution in [0.15, 0.2) is 0 Å². The van der Waals surface area contributed by atoms with Crippen LogP contribution in [-0.4, -0.2) is 44.8 Å². The Morgan fingerprint density at radius 2 is 2.00 bits per heavy atom. The van der Waals surface area contributed by atoms with Crippen LogP contribution < -0.4 is 5.73 Å². The van der Waals surface area contributed by atoms with E-state index in [4.69, 9.17) is 10.5 Å². The van der Waals surface area contributed by atoms with E-state index in [1.807, 2.05) is 0 Å². The van der Waals surface area contributed by atoms with Crippen molar-refractivity contribution in [2.75, 3.05) is 33.9 Å². The topological polar surface area (TPSA) is 38.5 Å². The van der Waals surface area contributed by atoms with Crippen LogP contribution in [0.25, 0.3) is 0 Å². The molecule has 0 bridgehead atoms. The molecular formula is C14H30N2O. The first-order valence-electron chi connectivity index (χ1n) is 7.17. The van der Waals surface area contributed by atoms with E-state index in [0.717, 1.165) is 32.0 Å². The van der Waals surface area contributed by atoms with Gasteiger partial charge in [-0.3, -0.25) is 0 Å². The molecule has 3 heteroatoms. The first-order chi connectivity index (χ1) is 8.27. The Bertz CT molecular complexity index is 181. The maximum atomic E-state index is 5.92. The highest BCUT2D eigenvalue weighted by atomic mass is 16.5. The summed E-state index contributed by atoms with van der Waals surface area (Å²) in [6.07, 6.45) is 9.52. The predicted octanol–water partition coefficient (Wildman–Crippen LogP) is 2.25. The van der Waals surface area contributed by atoms with Gasteiger partial charge >= 0.3 is 0 Å². The molecule has 1 saturated carbocycles. The molecule has 0 aromatic rings. The molecule has 0 saturated heterocycles. The number of hydrogen-bond acceptors (Lipinski definition) is 3. The minimum absolute atomic E-state index is 0.565. The molecule has 102 valence electrons. The summed E-state index contributed by atoms with van der Waals surface area (Å²) in [7, 11) is 3.97. The zero-order chi connectivity index (χ0) is 12.5. The molecule has 2 N–H and O–H groups in total. The number of likely N-dealkylation sites (N-methyl/N-ethyl adjacent to an activating group) is 1. The highest BCUT2D eigenvalue weighted by Gasteiger charge is 2.20. The summed E-state index contributed by atoms with van der Waals surface area (Å²) < 4.78 is 5.10. The van der Waals surface area contributed by atoms with Gasteiger partial charge in [-0.1, -0.05) is 32.1 Å². The Morgan fingerprint density at radius 3 is 2.59 bits per heavy atom. The summed E-state index contributed by atoms with van der Waals surface area (Å²) in [5.41, 5.74) is 5.92. The highest BCUT2D eigenvalue weighted by molar-refractivity contribution is 4.76. The molecule has 1 aliphatic carbocycles. The van der Waals surface area contributed by atoms with E-state index in [1.165, 1.54) is 38.5 Å². The van der Waals surface area contributed by atoms with Crippen molar-refractivity contribution in [1.29, 1.82) is 0 Å². The van der Waals surface area contributed by atoms with E-state index in [0.29, 0.717) is 6.04 Å². The number of hydrogen-bond donors (Lipinski definition) is 1. The van der Waals surface area contributed by atoms with Crippen molar-refractivity contribution in [1.82, 2.24) is 4.90 Å². The van der Waals surface area contributed by atoms with Gasteiger partial charge < -0.3 is 15.4 Å². The number of nitrogens with zero attached hydrogens (tertiary/aromatic N) is 1. The molecule has 0 radical (unpaired) electrons. The maximum absolute atomic E-state index is 5.92. The minimum atomic E-state index is 0.565. The van der Waals surface area contributed by atoms with Crippen molar-refractivity contribution >= 4 is 0 Å². The molecule has 0 spiro atoms. The number of rotatable bonds is 8. The quantitative estimate of drug-likeness (QED) is 0.664. The molecule has 0 aliphatic heterocycles. The largest absolute Gasteiger partial charge is 0.385 e. The van der Waals surface area contributed by atoms with Crippen LogP contribution in [-0.2, 0) is 4.74 Å². The summed E-state index contributed by atoms with van der Waals surface area (Å²) in [5.74, 6) is 0.919. The Labute approximate surface area is 107 Å². The Hall–Kier alpha value is -0.120. The molecule has 17 heavy (non-hydrogen) atoms. The summed E-state index contributed by atoms with van der Waals surface area (Å²) in [6, 6.07) is 0.565. The summed E-state index contributed by atoms with van der Waals surface area (Å²) in [6.45, 7) is 2.74. The van der Waals surface area contributed by atoms with E-state index in [1.54, 1.807) is 7.11 Å². The molecular weight excluding hydrogens is 212 g/mol. The van der Waals surface area contributed by atoms with Gasteiger partial charge in [0.1, 0.15) is 0 Å². The van der Waals surface area contributed by atoms with Crippen molar-refractivity contribution in [3.05, 3.63) is 0 Å². The lowest BCUT2D eigenvalue weighted by Crippen LogP contribution is -2.40. The first-order valence-corrected chi connectivity index (χ1v) is 7.17. The molecule has 1 atom stereocenters. The molecule has 1 fully saturated rings. The maximum Gasteiger partial charge on any atom is 0.0474 e. The van der Waals surface area contributed by atoms with Gasteiger partial charge in [-0.2, -0.15) is 0 Å². The van der Waals surface area contributed by atoms with Crippen LogP contribution in [0.4, 0.5) is 0 Å². The monoisotopic (exact) mass is 242 g/mol. The minimum Gasteiger partial charge on any atom is -0.385 e. The van der Waals surface area contributed by atoms with Gasteiger partial charge in [-0.05, 0) is 25.8 Å². The second-order valence-corrected chi connectivity index (χ2v) is 5.46. The van der Waals surface area contributed by atoms with Crippen LogP contribution in [0, 0.1) is 5.92 Å². The van der Waals surface area contributed by atoms with Crippen molar-refractivity contribution in [3.8, 4) is 0 Å². The van der Waals surface area contributed by atoms with Gasteiger partial charge in [-0.15, -0.1) is 0 Å². The van der Waals surface area contributed by atoms with Crippen LogP contribution in [0.3, 0.4) is 0 Å². The average Bonchev–Trinajstić information content (AvgIpc) is 2.37. The number of methoxy groups -OCH3 is 1. The summed E-state index contributed by atoms with van der Waals surface area (Å²) >= 11 is 0. The SMILES string of the molecule is COCCCN(C)C(CN)CC1CCCCC1. The summed E-state index contributed by atoms with van der Waals surface area (Å²) in [4.78, 5) is 2.42. The normalized spacial score (nSPS) is 19.8. The second kappa shape index (κ2) is 8.90. The lowest BCUT2D eigenvalue weighted by Gasteiger charge is -2.32. The lowest BCUT2D eigenvalue weighted by atomic mass is 9.84. The van der Waals surface area contributed by atoms with Crippen LogP contribution in [0.5, 0.6) is 0 Å². The zero-order valence-electron chi connectivity index (χ0n) is 11.7. The summed E-state index contributed by atoms with van der Waals surface area (Å²) in [5, 5.41) is 0. The third-order valence-electron chi connectivity index (χ3n) is 4.08. The van der Waals surface area contributed by atoms with Crippen molar-refractivity contribution in [3.63, 3.8) is 0 Å².